The van der Waals surface area contributed by atoms with E-state index in [0.29, 0.717) is 16.3 Å². The fourth-order valence-electron chi connectivity index (χ4n) is 2.74. The van der Waals surface area contributed by atoms with Crippen molar-refractivity contribution < 1.29 is 9.47 Å². The molecule has 3 aromatic rings. The lowest BCUT2D eigenvalue weighted by molar-refractivity contribution is 0.174. The number of aryl methyl sites for hydroxylation is 2. The van der Waals surface area contributed by atoms with Gasteiger partial charge in [-0.05, 0) is 54.8 Å². The van der Waals surface area contributed by atoms with Gasteiger partial charge in [0.1, 0.15) is 11.1 Å². The Morgan fingerprint density at radius 1 is 1.12 bits per heavy atom. The maximum absolute atomic E-state index is 9.59. The number of rotatable bonds is 3. The number of aromatic nitrogens is 1. The topological polar surface area (TPSA) is 55.1 Å². The molecule has 0 bridgehead atoms. The van der Waals surface area contributed by atoms with E-state index >= 15 is 0 Å². The Morgan fingerprint density at radius 3 is 2.77 bits per heavy atom. The fourth-order valence-corrected chi connectivity index (χ4v) is 3.54. The molecular weight excluding hydrogens is 344 g/mol. The molecule has 1 aromatic heterocycles. The van der Waals surface area contributed by atoms with Crippen LogP contribution < -0.4 is 9.47 Å². The number of hydrogen-bond donors (Lipinski definition) is 0. The van der Waals surface area contributed by atoms with Gasteiger partial charge in [-0.2, -0.15) is 5.26 Å². The van der Waals surface area contributed by atoms with Gasteiger partial charge < -0.3 is 9.47 Å². The highest BCUT2D eigenvalue weighted by Gasteiger charge is 2.14. The van der Waals surface area contributed by atoms with Crippen molar-refractivity contribution >= 4 is 23.0 Å². The third-order valence-electron chi connectivity index (χ3n) is 4.37. The van der Waals surface area contributed by atoms with Gasteiger partial charge in [0.15, 0.2) is 11.5 Å². The number of hydrogen-bond acceptors (Lipinski definition) is 5. The van der Waals surface area contributed by atoms with Crippen molar-refractivity contribution in [3.63, 3.8) is 0 Å². The van der Waals surface area contributed by atoms with Crippen LogP contribution in [0.5, 0.6) is 11.5 Å². The smallest absolute Gasteiger partial charge is 0.231 e. The average Bonchev–Trinajstić information content (AvgIpc) is 3.31. The van der Waals surface area contributed by atoms with Gasteiger partial charge in [-0.3, -0.25) is 0 Å². The van der Waals surface area contributed by atoms with Crippen LogP contribution in [-0.4, -0.2) is 11.8 Å². The molecule has 2 heterocycles. The summed E-state index contributed by atoms with van der Waals surface area (Å²) in [5.41, 5.74) is 5.85. The fraction of sp³-hybridized carbons (Fsp3) is 0.143. The van der Waals surface area contributed by atoms with E-state index in [9.17, 15) is 5.26 Å². The van der Waals surface area contributed by atoms with E-state index in [1.54, 1.807) is 0 Å². The molecule has 0 atom stereocenters. The van der Waals surface area contributed by atoms with E-state index < -0.39 is 0 Å². The molecule has 1 aliphatic rings. The number of fused-ring (bicyclic) bond motifs is 1. The highest BCUT2D eigenvalue weighted by atomic mass is 32.1. The molecule has 128 valence electrons. The Balaban J connectivity index is 1.66. The Bertz CT molecular complexity index is 1060. The summed E-state index contributed by atoms with van der Waals surface area (Å²) in [7, 11) is 0. The van der Waals surface area contributed by atoms with Gasteiger partial charge in [0.25, 0.3) is 0 Å². The summed E-state index contributed by atoms with van der Waals surface area (Å²) < 4.78 is 10.7. The van der Waals surface area contributed by atoms with Gasteiger partial charge in [0.05, 0.1) is 11.3 Å². The second-order valence-electron chi connectivity index (χ2n) is 6.12. The van der Waals surface area contributed by atoms with E-state index in [2.05, 4.69) is 43.1 Å². The Kier molecular flexibility index (Phi) is 4.19. The Hall–Kier alpha value is -3.10. The third-order valence-corrected chi connectivity index (χ3v) is 5.24. The minimum absolute atomic E-state index is 0.236. The second kappa shape index (κ2) is 6.66. The van der Waals surface area contributed by atoms with Gasteiger partial charge in [-0.15, -0.1) is 11.3 Å². The first-order valence-corrected chi connectivity index (χ1v) is 9.07. The van der Waals surface area contributed by atoms with E-state index in [4.69, 9.17) is 9.47 Å². The summed E-state index contributed by atoms with van der Waals surface area (Å²) in [5, 5.41) is 12.3. The third kappa shape index (κ3) is 3.07. The summed E-state index contributed by atoms with van der Waals surface area (Å²) >= 11 is 1.47. The zero-order valence-electron chi connectivity index (χ0n) is 14.4. The lowest BCUT2D eigenvalue weighted by Gasteiger charge is -2.02. The van der Waals surface area contributed by atoms with E-state index in [0.717, 1.165) is 22.6 Å². The van der Waals surface area contributed by atoms with Gasteiger partial charge in [-0.25, -0.2) is 4.98 Å². The second-order valence-corrected chi connectivity index (χ2v) is 6.98. The first kappa shape index (κ1) is 16.4. The molecule has 26 heavy (non-hydrogen) atoms. The molecule has 0 amide bonds. The van der Waals surface area contributed by atoms with Crippen molar-refractivity contribution in [3.05, 3.63) is 63.5 Å². The van der Waals surface area contributed by atoms with Crippen LogP contribution in [0, 0.1) is 25.2 Å². The van der Waals surface area contributed by atoms with Crippen molar-refractivity contribution in [2.45, 2.75) is 13.8 Å². The van der Waals surface area contributed by atoms with Crippen molar-refractivity contribution in [2.75, 3.05) is 6.79 Å². The zero-order chi connectivity index (χ0) is 18.1. The average molecular weight is 360 g/mol. The maximum Gasteiger partial charge on any atom is 0.231 e. The Labute approximate surface area is 156 Å². The summed E-state index contributed by atoms with van der Waals surface area (Å²) in [6, 6.07) is 14.2. The monoisotopic (exact) mass is 360 g/mol. The molecule has 0 fully saturated rings. The summed E-state index contributed by atoms with van der Waals surface area (Å²) in [6.45, 7) is 4.42. The highest BCUT2D eigenvalue weighted by Crippen LogP contribution is 2.34. The van der Waals surface area contributed by atoms with Crippen LogP contribution in [0.25, 0.3) is 22.9 Å². The first-order valence-electron chi connectivity index (χ1n) is 8.19. The van der Waals surface area contributed by atoms with Crippen molar-refractivity contribution in [3.8, 4) is 28.8 Å². The molecule has 0 saturated heterocycles. The number of thiazole rings is 1. The molecule has 1 aliphatic heterocycles. The lowest BCUT2D eigenvalue weighted by atomic mass is 10.1. The minimum Gasteiger partial charge on any atom is -0.454 e. The molecule has 0 radical (unpaired) electrons. The normalized spacial score (nSPS) is 12.9. The van der Waals surface area contributed by atoms with Crippen molar-refractivity contribution in [1.29, 1.82) is 5.26 Å². The number of allylic oxidation sites excluding steroid dienone is 1. The predicted molar refractivity (Wildman–Crippen MR) is 103 cm³/mol. The molecule has 0 unspecified atom stereocenters. The van der Waals surface area contributed by atoms with Crippen LogP contribution in [0.15, 0.2) is 41.8 Å². The van der Waals surface area contributed by atoms with Crippen molar-refractivity contribution in [1.82, 2.24) is 4.98 Å². The van der Waals surface area contributed by atoms with Gasteiger partial charge in [-0.1, -0.05) is 18.2 Å². The summed E-state index contributed by atoms with van der Waals surface area (Å²) in [4.78, 5) is 4.66. The van der Waals surface area contributed by atoms with Crippen LogP contribution in [0.1, 0.15) is 21.7 Å². The number of nitriles is 1. The quantitative estimate of drug-likeness (QED) is 0.601. The summed E-state index contributed by atoms with van der Waals surface area (Å²) in [6.07, 6.45) is 1.82. The molecule has 4 nitrogen and oxygen atoms in total. The van der Waals surface area contributed by atoms with Crippen LogP contribution >= 0.6 is 11.3 Å². The number of nitrogens with zero attached hydrogens (tertiary/aromatic N) is 2. The minimum atomic E-state index is 0.236. The standard InChI is InChI=1S/C21H16N2O2S/c1-13-3-5-16(7-14(13)2)18-11-26-21(23-18)17(10-22)8-15-4-6-19-20(9-15)25-12-24-19/h3-9,11H,12H2,1-2H3/b17-8-. The molecule has 0 aliphatic carbocycles. The lowest BCUT2D eigenvalue weighted by Crippen LogP contribution is -1.92. The van der Waals surface area contributed by atoms with Crippen molar-refractivity contribution in [2.24, 2.45) is 0 Å². The van der Waals surface area contributed by atoms with Gasteiger partial charge >= 0.3 is 0 Å². The molecule has 4 rings (SSSR count). The van der Waals surface area contributed by atoms with Crippen LogP contribution in [0.3, 0.4) is 0 Å². The molecule has 2 aromatic carbocycles. The van der Waals surface area contributed by atoms with Crippen LogP contribution in [0.4, 0.5) is 0 Å². The van der Waals surface area contributed by atoms with Gasteiger partial charge in [0.2, 0.25) is 6.79 Å². The van der Waals surface area contributed by atoms with E-state index in [1.165, 1.54) is 22.5 Å². The predicted octanol–water partition coefficient (Wildman–Crippen LogP) is 5.22. The maximum atomic E-state index is 9.59. The zero-order valence-corrected chi connectivity index (χ0v) is 15.3. The Morgan fingerprint density at radius 2 is 1.96 bits per heavy atom. The highest BCUT2D eigenvalue weighted by molar-refractivity contribution is 7.11. The van der Waals surface area contributed by atoms with Gasteiger partial charge in [0, 0.05) is 10.9 Å². The van der Waals surface area contributed by atoms with E-state index in [1.807, 2.05) is 29.7 Å². The molecule has 0 saturated carbocycles. The SMILES string of the molecule is Cc1ccc(-c2csc(/C(C#N)=C\c3ccc4c(c3)OCO4)n2)cc1C. The number of ether oxygens (including phenoxy) is 2. The van der Waals surface area contributed by atoms with Crippen LogP contribution in [-0.2, 0) is 0 Å². The number of benzene rings is 2. The molecule has 5 heteroatoms. The molecule has 0 spiro atoms. The molecule has 0 N–H and O–H groups in total. The molecular formula is C21H16N2O2S. The largest absolute Gasteiger partial charge is 0.454 e. The van der Waals surface area contributed by atoms with E-state index in [-0.39, 0.29) is 6.79 Å². The summed E-state index contributed by atoms with van der Waals surface area (Å²) in [5.74, 6) is 1.43. The van der Waals surface area contributed by atoms with Crippen LogP contribution in [0.2, 0.25) is 0 Å². The first-order chi connectivity index (χ1) is 12.6.